The lowest BCUT2D eigenvalue weighted by Crippen LogP contribution is -2.35. The van der Waals surface area contributed by atoms with E-state index in [1.807, 2.05) is 6.92 Å². The number of hydrogen-bond donors (Lipinski definition) is 1. The average molecular weight is 521 g/mol. The van der Waals surface area contributed by atoms with Gasteiger partial charge in [0, 0.05) is 24.5 Å². The predicted octanol–water partition coefficient (Wildman–Crippen LogP) is 3.64. The standard InChI is InChI=1S/C29H32N2O7/c1-4-36-22-13-9-21(10-14-22)31-19(2)27(29(34)35-3)25(28(31)33)16-20-7-11-23(12-8-20)38-18-26(32)30-17-24-6-5-15-37-24/h7-14,16,24H,4-6,15,17-18H2,1-3H3,(H,30,32)/b25-16-/t24-/m0/s1. The van der Waals surface area contributed by atoms with Crippen molar-refractivity contribution < 1.29 is 33.3 Å². The predicted molar refractivity (Wildman–Crippen MR) is 142 cm³/mol. The Morgan fingerprint density at radius 3 is 2.39 bits per heavy atom. The minimum absolute atomic E-state index is 0.0718. The van der Waals surface area contributed by atoms with Crippen molar-refractivity contribution in [2.75, 3.05) is 38.4 Å². The van der Waals surface area contributed by atoms with E-state index < -0.39 is 5.97 Å². The number of esters is 1. The molecule has 0 bridgehead atoms. The number of benzene rings is 2. The zero-order valence-electron chi connectivity index (χ0n) is 21.8. The first kappa shape index (κ1) is 26.9. The highest BCUT2D eigenvalue weighted by atomic mass is 16.5. The molecular formula is C29H32N2O7. The molecule has 1 atom stereocenters. The number of methoxy groups -OCH3 is 1. The lowest BCUT2D eigenvalue weighted by atomic mass is 10.0. The largest absolute Gasteiger partial charge is 0.494 e. The highest BCUT2D eigenvalue weighted by Crippen LogP contribution is 2.36. The Morgan fingerprint density at radius 1 is 1.08 bits per heavy atom. The van der Waals surface area contributed by atoms with Crippen molar-refractivity contribution in [2.24, 2.45) is 0 Å². The number of amides is 2. The quantitative estimate of drug-likeness (QED) is 0.377. The topological polar surface area (TPSA) is 103 Å². The van der Waals surface area contributed by atoms with E-state index in [1.165, 1.54) is 12.0 Å². The van der Waals surface area contributed by atoms with Crippen molar-refractivity contribution in [2.45, 2.75) is 32.8 Å². The van der Waals surface area contributed by atoms with Gasteiger partial charge in [-0.15, -0.1) is 0 Å². The van der Waals surface area contributed by atoms with Crippen molar-refractivity contribution in [1.29, 1.82) is 0 Å². The highest BCUT2D eigenvalue weighted by Gasteiger charge is 2.37. The summed E-state index contributed by atoms with van der Waals surface area (Å²) in [4.78, 5) is 39.7. The molecule has 2 aromatic rings. The summed E-state index contributed by atoms with van der Waals surface area (Å²) < 4.78 is 21.5. The fraction of sp³-hybridized carbons (Fsp3) is 0.345. The summed E-state index contributed by atoms with van der Waals surface area (Å²) in [5.41, 5.74) is 2.21. The molecule has 200 valence electrons. The Bertz CT molecular complexity index is 1230. The lowest BCUT2D eigenvalue weighted by Gasteiger charge is -2.18. The summed E-state index contributed by atoms with van der Waals surface area (Å²) in [7, 11) is 1.29. The first-order valence-electron chi connectivity index (χ1n) is 12.6. The van der Waals surface area contributed by atoms with E-state index in [0.29, 0.717) is 41.6 Å². The molecule has 2 heterocycles. The van der Waals surface area contributed by atoms with Gasteiger partial charge in [-0.05, 0) is 74.7 Å². The molecule has 2 aromatic carbocycles. The summed E-state index contributed by atoms with van der Waals surface area (Å²) in [6.07, 6.45) is 3.68. The number of allylic oxidation sites excluding steroid dienone is 1. The maximum atomic E-state index is 13.5. The van der Waals surface area contributed by atoms with E-state index in [2.05, 4.69) is 5.32 Å². The second kappa shape index (κ2) is 12.4. The number of rotatable bonds is 10. The first-order valence-corrected chi connectivity index (χ1v) is 12.6. The van der Waals surface area contributed by atoms with Crippen LogP contribution >= 0.6 is 0 Å². The Morgan fingerprint density at radius 2 is 1.76 bits per heavy atom. The van der Waals surface area contributed by atoms with Crippen LogP contribution in [0.25, 0.3) is 6.08 Å². The molecule has 1 saturated heterocycles. The van der Waals surface area contributed by atoms with Gasteiger partial charge in [0.1, 0.15) is 11.5 Å². The number of carbonyl (C=O) groups is 3. The number of carbonyl (C=O) groups excluding carboxylic acids is 3. The summed E-state index contributed by atoms with van der Waals surface area (Å²) in [5.74, 6) is 0.0463. The normalized spacial score (nSPS) is 18.2. The van der Waals surface area contributed by atoms with Crippen LogP contribution in [0.4, 0.5) is 5.69 Å². The molecular weight excluding hydrogens is 488 g/mol. The maximum Gasteiger partial charge on any atom is 0.340 e. The Balaban J connectivity index is 1.46. The molecule has 38 heavy (non-hydrogen) atoms. The van der Waals surface area contributed by atoms with Crippen LogP contribution in [0.1, 0.15) is 32.3 Å². The molecule has 0 aromatic heterocycles. The van der Waals surface area contributed by atoms with Crippen LogP contribution in [0.2, 0.25) is 0 Å². The van der Waals surface area contributed by atoms with Crippen molar-refractivity contribution in [3.05, 3.63) is 70.9 Å². The molecule has 2 aliphatic heterocycles. The molecule has 0 unspecified atom stereocenters. The van der Waals surface area contributed by atoms with Gasteiger partial charge in [0.05, 0.1) is 31.0 Å². The third kappa shape index (κ3) is 6.23. The SMILES string of the molecule is CCOc1ccc(N2C(=O)/C(=C\c3ccc(OCC(=O)NC[C@@H]4CCCO4)cc3)C(C(=O)OC)=C2C)cc1. The van der Waals surface area contributed by atoms with Gasteiger partial charge >= 0.3 is 5.97 Å². The van der Waals surface area contributed by atoms with Gasteiger partial charge in [0.25, 0.3) is 11.8 Å². The van der Waals surface area contributed by atoms with Crippen LogP contribution in [-0.2, 0) is 23.9 Å². The Kier molecular flexibility index (Phi) is 8.81. The van der Waals surface area contributed by atoms with E-state index in [0.717, 1.165) is 19.4 Å². The fourth-order valence-corrected chi connectivity index (χ4v) is 4.41. The summed E-state index contributed by atoms with van der Waals surface area (Å²) in [6, 6.07) is 14.0. The molecule has 0 aliphatic carbocycles. The molecule has 9 heteroatoms. The minimum Gasteiger partial charge on any atom is -0.494 e. The van der Waals surface area contributed by atoms with Crippen molar-refractivity contribution in [3.63, 3.8) is 0 Å². The molecule has 0 spiro atoms. The third-order valence-corrected chi connectivity index (χ3v) is 6.31. The van der Waals surface area contributed by atoms with Crippen molar-refractivity contribution in [1.82, 2.24) is 5.32 Å². The van der Waals surface area contributed by atoms with Crippen LogP contribution < -0.4 is 19.7 Å². The Hall–Kier alpha value is -4.11. The van der Waals surface area contributed by atoms with Gasteiger partial charge in [-0.1, -0.05) is 12.1 Å². The Labute approximate surface area is 222 Å². The zero-order chi connectivity index (χ0) is 27.1. The van der Waals surface area contributed by atoms with Crippen LogP contribution in [0, 0.1) is 0 Å². The molecule has 0 radical (unpaired) electrons. The molecule has 0 saturated carbocycles. The number of nitrogens with zero attached hydrogens (tertiary/aromatic N) is 1. The minimum atomic E-state index is -0.593. The molecule has 4 rings (SSSR count). The molecule has 1 fully saturated rings. The van der Waals surface area contributed by atoms with E-state index in [-0.39, 0.29) is 35.7 Å². The highest BCUT2D eigenvalue weighted by molar-refractivity contribution is 6.23. The number of anilines is 1. The third-order valence-electron chi connectivity index (χ3n) is 6.31. The van der Waals surface area contributed by atoms with E-state index in [4.69, 9.17) is 18.9 Å². The first-order chi connectivity index (χ1) is 18.4. The molecule has 2 amide bonds. The van der Waals surface area contributed by atoms with Gasteiger partial charge in [0.2, 0.25) is 0 Å². The number of nitrogens with one attached hydrogen (secondary N) is 1. The van der Waals surface area contributed by atoms with Crippen molar-refractivity contribution in [3.8, 4) is 11.5 Å². The zero-order valence-corrected chi connectivity index (χ0v) is 21.8. The summed E-state index contributed by atoms with van der Waals surface area (Å²) in [6.45, 7) is 5.24. The summed E-state index contributed by atoms with van der Waals surface area (Å²) in [5, 5.41) is 2.81. The van der Waals surface area contributed by atoms with Crippen LogP contribution in [-0.4, -0.2) is 57.4 Å². The van der Waals surface area contributed by atoms with Gasteiger partial charge in [-0.3, -0.25) is 14.5 Å². The number of ether oxygens (including phenoxy) is 4. The van der Waals surface area contributed by atoms with Crippen LogP contribution in [0.3, 0.4) is 0 Å². The van der Waals surface area contributed by atoms with Gasteiger partial charge < -0.3 is 24.3 Å². The van der Waals surface area contributed by atoms with Crippen molar-refractivity contribution >= 4 is 29.5 Å². The molecule has 2 aliphatic rings. The van der Waals surface area contributed by atoms with E-state index >= 15 is 0 Å². The van der Waals surface area contributed by atoms with Gasteiger partial charge in [-0.2, -0.15) is 0 Å². The number of hydrogen-bond acceptors (Lipinski definition) is 7. The molecule has 9 nitrogen and oxygen atoms in total. The monoisotopic (exact) mass is 520 g/mol. The van der Waals surface area contributed by atoms with Crippen LogP contribution in [0.15, 0.2) is 65.4 Å². The van der Waals surface area contributed by atoms with Gasteiger partial charge in [-0.25, -0.2) is 4.79 Å². The lowest BCUT2D eigenvalue weighted by molar-refractivity contribution is -0.136. The van der Waals surface area contributed by atoms with Crippen LogP contribution in [0.5, 0.6) is 11.5 Å². The second-order valence-corrected chi connectivity index (χ2v) is 8.87. The smallest absolute Gasteiger partial charge is 0.340 e. The fourth-order valence-electron chi connectivity index (χ4n) is 4.41. The summed E-state index contributed by atoms with van der Waals surface area (Å²) >= 11 is 0. The van der Waals surface area contributed by atoms with Gasteiger partial charge in [0.15, 0.2) is 6.61 Å². The maximum absolute atomic E-state index is 13.5. The molecule has 1 N–H and O–H groups in total. The van der Waals surface area contributed by atoms with E-state index in [9.17, 15) is 14.4 Å². The second-order valence-electron chi connectivity index (χ2n) is 8.87. The average Bonchev–Trinajstić information content (AvgIpc) is 3.53. The van der Waals surface area contributed by atoms with E-state index in [1.54, 1.807) is 61.5 Å².